The van der Waals surface area contributed by atoms with Gasteiger partial charge in [0.1, 0.15) is 0 Å². The quantitative estimate of drug-likeness (QED) is 0.802. The van der Waals surface area contributed by atoms with Crippen molar-refractivity contribution in [3.8, 4) is 0 Å². The molecule has 0 heterocycles. The molecular weight excluding hydrogens is 242 g/mol. The third-order valence-corrected chi connectivity index (χ3v) is 3.88. The Hall–Kier alpha value is -1.60. The van der Waals surface area contributed by atoms with E-state index in [9.17, 15) is 0 Å². The van der Waals surface area contributed by atoms with Crippen molar-refractivity contribution in [2.24, 2.45) is 0 Å². The van der Waals surface area contributed by atoms with Gasteiger partial charge in [0.2, 0.25) is 0 Å². The van der Waals surface area contributed by atoms with Crippen LogP contribution in [0.5, 0.6) is 0 Å². The topological polar surface area (TPSA) is 12.0 Å². The number of rotatable bonds is 6. The summed E-state index contributed by atoms with van der Waals surface area (Å²) in [7, 11) is 0. The molecule has 2 aromatic rings. The molecule has 2 rings (SSSR count). The molecule has 0 aromatic heterocycles. The fraction of sp³-hybridized carbons (Fsp3) is 0.368. The molecule has 2 atom stereocenters. The Morgan fingerprint density at radius 1 is 0.950 bits per heavy atom. The van der Waals surface area contributed by atoms with Crippen LogP contribution in [0.1, 0.15) is 43.0 Å². The smallest absolute Gasteiger partial charge is 0.0294 e. The van der Waals surface area contributed by atoms with Crippen LogP contribution in [0, 0.1) is 6.92 Å². The minimum atomic E-state index is 0.393. The maximum atomic E-state index is 3.75. The van der Waals surface area contributed by atoms with Gasteiger partial charge in [0.15, 0.2) is 0 Å². The van der Waals surface area contributed by atoms with Crippen molar-refractivity contribution in [3.63, 3.8) is 0 Å². The molecule has 0 fully saturated rings. The molecule has 0 aliphatic heterocycles. The van der Waals surface area contributed by atoms with Crippen LogP contribution < -0.4 is 5.32 Å². The summed E-state index contributed by atoms with van der Waals surface area (Å²) in [6, 6.07) is 20.5. The van der Waals surface area contributed by atoms with Gasteiger partial charge in [-0.1, -0.05) is 67.1 Å². The van der Waals surface area contributed by atoms with Gasteiger partial charge in [-0.15, -0.1) is 0 Å². The highest BCUT2D eigenvalue weighted by atomic mass is 14.9. The SMILES string of the molecule is CCC(Cc1ccccc1)N[C@H](C)c1ccc(C)cc1. The third-order valence-electron chi connectivity index (χ3n) is 3.88. The molecule has 0 bridgehead atoms. The highest BCUT2D eigenvalue weighted by molar-refractivity contribution is 5.24. The van der Waals surface area contributed by atoms with Gasteiger partial charge in [0.05, 0.1) is 0 Å². The fourth-order valence-electron chi connectivity index (χ4n) is 2.52. The normalized spacial score (nSPS) is 13.9. The van der Waals surface area contributed by atoms with Crippen LogP contribution in [-0.4, -0.2) is 6.04 Å². The lowest BCUT2D eigenvalue weighted by Crippen LogP contribution is -2.32. The minimum Gasteiger partial charge on any atom is -0.307 e. The molecular formula is C19H25N. The zero-order valence-electron chi connectivity index (χ0n) is 12.8. The number of aryl methyl sites for hydroxylation is 1. The third kappa shape index (κ3) is 4.21. The maximum Gasteiger partial charge on any atom is 0.0294 e. The van der Waals surface area contributed by atoms with Gasteiger partial charge in [0.25, 0.3) is 0 Å². The van der Waals surface area contributed by atoms with Crippen molar-refractivity contribution in [2.75, 3.05) is 0 Å². The van der Waals surface area contributed by atoms with Gasteiger partial charge in [-0.3, -0.25) is 0 Å². The Labute approximate surface area is 123 Å². The number of hydrogen-bond acceptors (Lipinski definition) is 1. The number of nitrogens with one attached hydrogen (secondary N) is 1. The average Bonchev–Trinajstić information content (AvgIpc) is 2.48. The van der Waals surface area contributed by atoms with Crippen LogP contribution in [0.15, 0.2) is 54.6 Å². The monoisotopic (exact) mass is 267 g/mol. The van der Waals surface area contributed by atoms with Crippen molar-refractivity contribution in [1.29, 1.82) is 0 Å². The second-order valence-corrected chi connectivity index (χ2v) is 5.59. The molecule has 1 N–H and O–H groups in total. The van der Waals surface area contributed by atoms with Gasteiger partial charge >= 0.3 is 0 Å². The Morgan fingerprint density at radius 3 is 2.20 bits per heavy atom. The van der Waals surface area contributed by atoms with Crippen LogP contribution in [-0.2, 0) is 6.42 Å². The highest BCUT2D eigenvalue weighted by Gasteiger charge is 2.12. The molecule has 0 radical (unpaired) electrons. The molecule has 0 amide bonds. The van der Waals surface area contributed by atoms with E-state index in [4.69, 9.17) is 0 Å². The van der Waals surface area contributed by atoms with E-state index in [1.807, 2.05) is 0 Å². The minimum absolute atomic E-state index is 0.393. The van der Waals surface area contributed by atoms with E-state index in [-0.39, 0.29) is 0 Å². The van der Waals surface area contributed by atoms with E-state index in [1.165, 1.54) is 16.7 Å². The van der Waals surface area contributed by atoms with Crippen LogP contribution in [0.25, 0.3) is 0 Å². The molecule has 0 spiro atoms. The van der Waals surface area contributed by atoms with Crippen molar-refractivity contribution >= 4 is 0 Å². The first-order chi connectivity index (χ1) is 9.69. The first-order valence-electron chi connectivity index (χ1n) is 7.55. The van der Waals surface area contributed by atoms with Crippen LogP contribution in [0.4, 0.5) is 0 Å². The number of hydrogen-bond donors (Lipinski definition) is 1. The molecule has 0 saturated carbocycles. The van der Waals surface area contributed by atoms with Gasteiger partial charge in [-0.05, 0) is 37.8 Å². The van der Waals surface area contributed by atoms with Crippen molar-refractivity contribution in [2.45, 2.75) is 45.7 Å². The first-order valence-corrected chi connectivity index (χ1v) is 7.55. The summed E-state index contributed by atoms with van der Waals surface area (Å²) < 4.78 is 0. The van der Waals surface area contributed by atoms with Crippen molar-refractivity contribution in [1.82, 2.24) is 5.32 Å². The second-order valence-electron chi connectivity index (χ2n) is 5.59. The molecule has 106 valence electrons. The standard InChI is InChI=1S/C19H25N/c1-4-19(14-17-8-6-5-7-9-17)20-16(3)18-12-10-15(2)11-13-18/h5-13,16,19-20H,4,14H2,1-3H3/t16-,19?/m1/s1. The predicted molar refractivity (Wildman–Crippen MR) is 87.0 cm³/mol. The van der Waals surface area contributed by atoms with Gasteiger partial charge in [-0.2, -0.15) is 0 Å². The van der Waals surface area contributed by atoms with Gasteiger partial charge in [-0.25, -0.2) is 0 Å². The number of benzene rings is 2. The average molecular weight is 267 g/mol. The summed E-state index contributed by atoms with van der Waals surface area (Å²) in [4.78, 5) is 0. The van der Waals surface area contributed by atoms with Gasteiger partial charge in [0, 0.05) is 12.1 Å². The van der Waals surface area contributed by atoms with Crippen molar-refractivity contribution < 1.29 is 0 Å². The van der Waals surface area contributed by atoms with E-state index in [1.54, 1.807) is 0 Å². The summed E-state index contributed by atoms with van der Waals surface area (Å²) in [5.41, 5.74) is 4.09. The van der Waals surface area contributed by atoms with Crippen LogP contribution >= 0.6 is 0 Å². The van der Waals surface area contributed by atoms with E-state index in [2.05, 4.69) is 80.7 Å². The van der Waals surface area contributed by atoms with E-state index >= 15 is 0 Å². The van der Waals surface area contributed by atoms with Crippen LogP contribution in [0.2, 0.25) is 0 Å². The largest absolute Gasteiger partial charge is 0.307 e. The molecule has 1 heteroatoms. The lowest BCUT2D eigenvalue weighted by Gasteiger charge is -2.23. The summed E-state index contributed by atoms with van der Waals surface area (Å²) >= 11 is 0. The summed E-state index contributed by atoms with van der Waals surface area (Å²) in [5.74, 6) is 0. The Balaban J connectivity index is 1.97. The Kier molecular flexibility index (Phi) is 5.37. The summed E-state index contributed by atoms with van der Waals surface area (Å²) in [6.45, 7) is 6.63. The molecule has 0 saturated heterocycles. The van der Waals surface area contributed by atoms with E-state index < -0.39 is 0 Å². The Morgan fingerprint density at radius 2 is 1.60 bits per heavy atom. The molecule has 1 nitrogen and oxygen atoms in total. The first kappa shape index (κ1) is 14.8. The molecule has 20 heavy (non-hydrogen) atoms. The molecule has 1 unspecified atom stereocenters. The second kappa shape index (κ2) is 7.25. The lowest BCUT2D eigenvalue weighted by molar-refractivity contribution is 0.440. The molecule has 0 aliphatic carbocycles. The van der Waals surface area contributed by atoms with Crippen molar-refractivity contribution in [3.05, 3.63) is 71.3 Å². The Bertz CT molecular complexity index is 501. The van der Waals surface area contributed by atoms with Crippen LogP contribution in [0.3, 0.4) is 0 Å². The lowest BCUT2D eigenvalue weighted by atomic mass is 10.0. The summed E-state index contributed by atoms with van der Waals surface area (Å²) in [5, 5.41) is 3.75. The predicted octanol–water partition coefficient (Wildman–Crippen LogP) is 4.67. The fourth-order valence-corrected chi connectivity index (χ4v) is 2.52. The van der Waals surface area contributed by atoms with E-state index in [0.29, 0.717) is 12.1 Å². The van der Waals surface area contributed by atoms with E-state index in [0.717, 1.165) is 12.8 Å². The van der Waals surface area contributed by atoms with Gasteiger partial charge < -0.3 is 5.32 Å². The molecule has 0 aliphatic rings. The zero-order valence-corrected chi connectivity index (χ0v) is 12.8. The molecule has 2 aromatic carbocycles. The maximum absolute atomic E-state index is 3.75. The summed E-state index contributed by atoms with van der Waals surface area (Å²) in [6.07, 6.45) is 2.23. The highest BCUT2D eigenvalue weighted by Crippen LogP contribution is 2.16. The zero-order chi connectivity index (χ0) is 14.4.